The van der Waals surface area contributed by atoms with E-state index < -0.39 is 114 Å². The van der Waals surface area contributed by atoms with Crippen molar-refractivity contribution in [3.63, 3.8) is 0 Å². The van der Waals surface area contributed by atoms with Crippen LogP contribution in [0.3, 0.4) is 0 Å². The van der Waals surface area contributed by atoms with E-state index in [-0.39, 0.29) is 53.7 Å². The highest BCUT2D eigenvalue weighted by Crippen LogP contribution is 2.52. The number of allylic oxidation sites excluding steroid dienone is 2. The molecule has 3 heterocycles. The van der Waals surface area contributed by atoms with Crippen LogP contribution in [0.1, 0.15) is 93.4 Å². The lowest BCUT2D eigenvalue weighted by Gasteiger charge is -2.48. The Balaban J connectivity index is 1.04. The number of aliphatic hydroxyl groups excluding tert-OH is 4. The molecule has 3 aliphatic heterocycles. The van der Waals surface area contributed by atoms with Crippen molar-refractivity contribution in [2.75, 3.05) is 0 Å². The van der Waals surface area contributed by atoms with Gasteiger partial charge in [0.2, 0.25) is 0 Å². The average molecular weight is 745 g/mol. The zero-order chi connectivity index (χ0) is 38.1. The molecule has 6 N–H and O–H groups in total. The SMILES string of the molecule is CC[C@@]1(O)CC(OC2CCC(OC3CC(O)C(OC4CCC(=O)C(C)O4)C(C)O3)C(C)O2)C2=C(O)C3C(=O)c4c(O)cccc4C(=O)C3C(O)=C2C1O. The molecule has 1 aromatic carbocycles. The van der Waals surface area contributed by atoms with Crippen molar-refractivity contribution in [2.45, 2.75) is 146 Å². The maximum atomic E-state index is 13.7. The first-order valence-corrected chi connectivity index (χ1v) is 18.4. The first-order chi connectivity index (χ1) is 25.1. The van der Waals surface area contributed by atoms with E-state index in [4.69, 9.17) is 28.4 Å². The summed E-state index contributed by atoms with van der Waals surface area (Å²) in [4.78, 5) is 39.2. The molecule has 3 aliphatic carbocycles. The highest BCUT2D eigenvalue weighted by molar-refractivity contribution is 6.19. The van der Waals surface area contributed by atoms with Crippen LogP contribution in [0.25, 0.3) is 0 Å². The largest absolute Gasteiger partial charge is 0.511 e. The number of ketones is 3. The number of phenolic OH excluding ortho intramolecular Hbond substituents is 1. The average Bonchev–Trinajstić information content (AvgIpc) is 3.11. The molecule has 290 valence electrons. The predicted molar refractivity (Wildman–Crippen MR) is 181 cm³/mol. The van der Waals surface area contributed by atoms with E-state index in [1.165, 1.54) is 18.2 Å². The van der Waals surface area contributed by atoms with Crippen LogP contribution in [0.4, 0.5) is 0 Å². The quantitative estimate of drug-likeness (QED) is 0.236. The normalized spacial score (nSPS) is 41.9. The zero-order valence-corrected chi connectivity index (χ0v) is 30.0. The predicted octanol–water partition coefficient (Wildman–Crippen LogP) is 2.82. The lowest BCUT2D eigenvalue weighted by Crippen LogP contribution is -2.56. The molecule has 0 aromatic heterocycles. The number of benzene rings is 1. The second kappa shape index (κ2) is 14.4. The maximum absolute atomic E-state index is 13.7. The van der Waals surface area contributed by atoms with Gasteiger partial charge in [-0.05, 0) is 39.7 Å². The van der Waals surface area contributed by atoms with Crippen LogP contribution in [0.2, 0.25) is 0 Å². The van der Waals surface area contributed by atoms with Crippen molar-refractivity contribution in [1.29, 1.82) is 0 Å². The van der Waals surface area contributed by atoms with Crippen LogP contribution >= 0.6 is 0 Å². The van der Waals surface area contributed by atoms with E-state index >= 15 is 0 Å². The van der Waals surface area contributed by atoms with Crippen LogP contribution in [-0.4, -0.2) is 121 Å². The fourth-order valence-electron chi connectivity index (χ4n) is 8.69. The van der Waals surface area contributed by atoms with E-state index in [1.54, 1.807) is 27.7 Å². The lowest BCUT2D eigenvalue weighted by atomic mass is 9.62. The van der Waals surface area contributed by atoms with Gasteiger partial charge in [0.25, 0.3) is 0 Å². The van der Waals surface area contributed by atoms with Crippen LogP contribution in [0.15, 0.2) is 40.9 Å². The zero-order valence-electron chi connectivity index (χ0n) is 30.0. The Hall–Kier alpha value is -3.25. The van der Waals surface area contributed by atoms with E-state index in [9.17, 15) is 45.0 Å². The Bertz CT molecular complexity index is 1690. The summed E-state index contributed by atoms with van der Waals surface area (Å²) in [7, 11) is 0. The summed E-state index contributed by atoms with van der Waals surface area (Å²) in [5, 5.41) is 67.7. The van der Waals surface area contributed by atoms with Crippen LogP contribution in [-0.2, 0) is 33.2 Å². The molecule has 0 bridgehead atoms. The smallest absolute Gasteiger partial charge is 0.179 e. The van der Waals surface area contributed by atoms with E-state index in [0.717, 1.165) is 0 Å². The lowest BCUT2D eigenvalue weighted by molar-refractivity contribution is -0.316. The van der Waals surface area contributed by atoms with Gasteiger partial charge in [-0.3, -0.25) is 14.4 Å². The fourth-order valence-corrected chi connectivity index (χ4v) is 8.69. The molecule has 15 heteroatoms. The molecule has 1 aromatic rings. The van der Waals surface area contributed by atoms with Crippen LogP contribution in [0.5, 0.6) is 5.75 Å². The van der Waals surface area contributed by atoms with E-state index in [2.05, 4.69) is 0 Å². The molecule has 0 radical (unpaired) electrons. The number of carbonyl (C=O) groups excluding carboxylic acids is 3. The second-order valence-corrected chi connectivity index (χ2v) is 15.1. The van der Waals surface area contributed by atoms with Gasteiger partial charge < -0.3 is 59.1 Å². The van der Waals surface area contributed by atoms with Crippen LogP contribution < -0.4 is 0 Å². The molecule has 6 aliphatic rings. The minimum atomic E-state index is -1.83. The minimum Gasteiger partial charge on any atom is -0.511 e. The molecule has 13 unspecified atom stereocenters. The summed E-state index contributed by atoms with van der Waals surface area (Å²) >= 11 is 0. The first-order valence-electron chi connectivity index (χ1n) is 18.4. The number of aromatic hydroxyl groups is 1. The number of hydrogen-bond acceptors (Lipinski definition) is 15. The molecule has 7 rings (SSSR count). The van der Waals surface area contributed by atoms with Gasteiger partial charge in [-0.2, -0.15) is 0 Å². The van der Waals surface area contributed by atoms with Crippen molar-refractivity contribution in [1.82, 2.24) is 0 Å². The summed E-state index contributed by atoms with van der Waals surface area (Å²) in [6.45, 7) is 6.85. The summed E-state index contributed by atoms with van der Waals surface area (Å²) in [5.74, 6) is -6.34. The van der Waals surface area contributed by atoms with E-state index in [1.807, 2.05) is 0 Å². The molecule has 53 heavy (non-hydrogen) atoms. The first kappa shape index (κ1) is 38.0. The molecule has 3 saturated heterocycles. The standard InChI is InChI=1S/C38H48O15/c1-5-38(47)14-23(28-31(37(38)46)35(45)29-30(34(28)44)33(43)27-18(32(29)42)7-6-8-20(27)40)52-24-12-10-22(16(3)49-24)51-26-13-21(41)36(17(4)50-26)53-25-11-9-19(39)15(2)48-25/h6-8,15-17,21-26,29-30,36-37,40-41,44-47H,5,9-14H2,1-4H3/t15?,16?,17?,21?,22?,23?,24?,25?,26?,29?,30?,36?,37?,38-/m1/s1. The molecule has 0 amide bonds. The number of fused-ring (bicyclic) bond motifs is 3. The van der Waals surface area contributed by atoms with Gasteiger partial charge in [0, 0.05) is 48.8 Å². The molecule has 14 atom stereocenters. The van der Waals surface area contributed by atoms with Gasteiger partial charge in [0.05, 0.1) is 53.5 Å². The summed E-state index contributed by atoms with van der Waals surface area (Å²) in [6.07, 6.45) is -7.57. The van der Waals surface area contributed by atoms with Crippen molar-refractivity contribution in [3.05, 3.63) is 52.0 Å². The van der Waals surface area contributed by atoms with E-state index in [0.29, 0.717) is 19.3 Å². The Morgan fingerprint density at radius 1 is 0.811 bits per heavy atom. The third-order valence-corrected chi connectivity index (χ3v) is 11.7. The van der Waals surface area contributed by atoms with Crippen molar-refractivity contribution < 1.29 is 73.4 Å². The van der Waals surface area contributed by atoms with Gasteiger partial charge in [-0.1, -0.05) is 19.1 Å². The highest BCUT2D eigenvalue weighted by Gasteiger charge is 2.58. The Morgan fingerprint density at radius 2 is 1.49 bits per heavy atom. The number of carbonyl (C=O) groups is 3. The van der Waals surface area contributed by atoms with Gasteiger partial charge in [-0.25, -0.2) is 0 Å². The Labute approximate surface area is 306 Å². The minimum absolute atomic E-state index is 0.00790. The molecule has 4 fully saturated rings. The summed E-state index contributed by atoms with van der Waals surface area (Å²) < 4.78 is 36.5. The van der Waals surface area contributed by atoms with Gasteiger partial charge in [-0.15, -0.1) is 0 Å². The highest BCUT2D eigenvalue weighted by atomic mass is 16.7. The number of Topliss-reactive ketones (excluding diaryl/α,β-unsaturated/α-hetero) is 3. The third-order valence-electron chi connectivity index (χ3n) is 11.7. The number of aliphatic hydroxyl groups is 5. The summed E-state index contributed by atoms with van der Waals surface area (Å²) in [6, 6.07) is 3.99. The van der Waals surface area contributed by atoms with Crippen molar-refractivity contribution in [2.24, 2.45) is 11.8 Å². The fraction of sp³-hybridized carbons (Fsp3) is 0.658. The summed E-state index contributed by atoms with van der Waals surface area (Å²) in [5.41, 5.74) is -2.61. The topological polar surface area (TPSA) is 228 Å². The Kier molecular flexibility index (Phi) is 10.4. The molecular weight excluding hydrogens is 696 g/mol. The number of ether oxygens (including phenoxy) is 6. The molecule has 15 nitrogen and oxygen atoms in total. The maximum Gasteiger partial charge on any atom is 0.179 e. The monoisotopic (exact) mass is 744 g/mol. The van der Waals surface area contributed by atoms with Gasteiger partial charge >= 0.3 is 0 Å². The van der Waals surface area contributed by atoms with Crippen LogP contribution in [0, 0.1) is 11.8 Å². The number of rotatable bonds is 7. The molecule has 1 saturated carbocycles. The molecule has 0 spiro atoms. The van der Waals surface area contributed by atoms with Crippen molar-refractivity contribution in [3.8, 4) is 5.75 Å². The number of hydrogen-bond donors (Lipinski definition) is 6. The van der Waals surface area contributed by atoms with Crippen molar-refractivity contribution >= 4 is 17.3 Å². The molecular formula is C38H48O15. The Morgan fingerprint density at radius 3 is 2.17 bits per heavy atom. The third kappa shape index (κ3) is 6.63. The second-order valence-electron chi connectivity index (χ2n) is 15.1. The van der Waals surface area contributed by atoms with Gasteiger partial charge in [0.15, 0.2) is 36.2 Å². The van der Waals surface area contributed by atoms with Gasteiger partial charge in [0.1, 0.15) is 35.6 Å². The number of phenols is 1.